The van der Waals surface area contributed by atoms with Crippen LogP contribution in [0.1, 0.15) is 84.1 Å². The molecule has 1 aromatic carbocycles. The minimum Gasteiger partial charge on any atom is -0.445 e. The predicted octanol–water partition coefficient (Wildman–Crippen LogP) is 4.76. The van der Waals surface area contributed by atoms with Crippen LogP contribution in [0.2, 0.25) is 0 Å². The fourth-order valence-corrected chi connectivity index (χ4v) is 9.50. The molecular weight excluding hydrogens is 518 g/mol. The number of rotatable bonds is 8. The Morgan fingerprint density at radius 3 is 2.29 bits per heavy atom. The van der Waals surface area contributed by atoms with Crippen molar-refractivity contribution in [3.05, 3.63) is 35.9 Å². The van der Waals surface area contributed by atoms with E-state index in [4.69, 9.17) is 4.74 Å². The molecule has 3 amide bonds. The van der Waals surface area contributed by atoms with E-state index in [9.17, 15) is 19.2 Å². The largest absolute Gasteiger partial charge is 0.445 e. The maximum absolute atomic E-state index is 12.7. The lowest BCUT2D eigenvalue weighted by Crippen LogP contribution is -2.56. The van der Waals surface area contributed by atoms with Gasteiger partial charge in [-0.25, -0.2) is 4.79 Å². The first kappa shape index (κ1) is 29.6. The van der Waals surface area contributed by atoms with Crippen molar-refractivity contribution in [3.8, 4) is 0 Å². The Hall–Kier alpha value is -2.90. The third kappa shape index (κ3) is 6.17. The van der Waals surface area contributed by atoms with Crippen LogP contribution in [0, 0.1) is 40.4 Å². The molecule has 0 spiro atoms. The number of carbonyl (C=O) groups is 4. The Bertz CT molecular complexity index is 1140. The van der Waals surface area contributed by atoms with Gasteiger partial charge in [0.15, 0.2) is 0 Å². The lowest BCUT2D eigenvalue weighted by atomic mass is 9.44. The molecule has 8 unspecified atom stereocenters. The molecule has 0 saturated heterocycles. The topological polar surface area (TPSA) is 114 Å². The van der Waals surface area contributed by atoms with Crippen LogP contribution in [0.5, 0.6) is 0 Å². The van der Waals surface area contributed by atoms with Crippen LogP contribution >= 0.6 is 0 Å². The van der Waals surface area contributed by atoms with Crippen molar-refractivity contribution in [3.63, 3.8) is 0 Å². The highest BCUT2D eigenvalue weighted by Crippen LogP contribution is 2.67. The van der Waals surface area contributed by atoms with Gasteiger partial charge in [0, 0.05) is 12.0 Å². The van der Waals surface area contributed by atoms with Gasteiger partial charge >= 0.3 is 6.09 Å². The molecule has 4 saturated carbocycles. The molecule has 4 fully saturated rings. The summed E-state index contributed by atoms with van der Waals surface area (Å²) in [5, 5.41) is 8.17. The second-order valence-corrected chi connectivity index (χ2v) is 13.7. The van der Waals surface area contributed by atoms with Gasteiger partial charge in [0.2, 0.25) is 11.8 Å². The molecule has 8 nitrogen and oxygen atoms in total. The van der Waals surface area contributed by atoms with Crippen LogP contribution in [0.3, 0.4) is 0 Å². The number of Topliss-reactive ketones (excluding diaryl/α,β-unsaturated/α-hetero) is 1. The van der Waals surface area contributed by atoms with Crippen LogP contribution in [-0.4, -0.2) is 42.8 Å². The summed E-state index contributed by atoms with van der Waals surface area (Å²) in [5.41, 5.74) is 1.34. The number of fused-ring (bicyclic) bond motifs is 5. The van der Waals surface area contributed by atoms with Gasteiger partial charge in [0.25, 0.3) is 0 Å². The summed E-state index contributed by atoms with van der Waals surface area (Å²) < 4.78 is 5.11. The summed E-state index contributed by atoms with van der Waals surface area (Å²) >= 11 is 0. The number of ketones is 1. The molecule has 224 valence electrons. The lowest BCUT2D eigenvalue weighted by molar-refractivity contribution is -0.136. The number of ether oxygens (including phenoxy) is 1. The monoisotopic (exact) mass is 565 g/mol. The second-order valence-electron chi connectivity index (χ2n) is 13.7. The van der Waals surface area contributed by atoms with Gasteiger partial charge in [-0.05, 0) is 105 Å². The average molecular weight is 566 g/mol. The van der Waals surface area contributed by atoms with E-state index in [2.05, 4.69) is 29.8 Å². The van der Waals surface area contributed by atoms with Gasteiger partial charge in [-0.1, -0.05) is 44.2 Å². The standard InChI is InChI=1S/C33H47N3O5/c1-21(37)26-11-12-27-25-10-9-23-17-24(13-15-32(23,2)28(25)14-16-33(26,27)3)36-30(39)19-34-29(38)18-35-31(40)41-20-22-7-5-4-6-8-22/h4-8,23-28H,9-20H2,1-3H3,(H,34,38)(H,35,40)(H,36,39). The SMILES string of the molecule is CC(=O)C1CCC2C3CCC4CC(NC(=O)CNC(=O)CNC(=O)OCc5ccccc5)CCC4(C)C3CCC12C. The highest BCUT2D eigenvalue weighted by Gasteiger charge is 2.60. The highest BCUT2D eigenvalue weighted by atomic mass is 16.5. The maximum atomic E-state index is 12.7. The van der Waals surface area contributed by atoms with Gasteiger partial charge in [0.1, 0.15) is 18.9 Å². The Kier molecular flexibility index (Phi) is 8.76. The fourth-order valence-electron chi connectivity index (χ4n) is 9.50. The first-order valence-electron chi connectivity index (χ1n) is 15.6. The number of alkyl carbamates (subject to hydrolysis) is 1. The zero-order chi connectivity index (χ0) is 29.2. The van der Waals surface area contributed by atoms with E-state index in [1.807, 2.05) is 30.3 Å². The number of hydrogen-bond acceptors (Lipinski definition) is 5. The normalized spacial score (nSPS) is 35.7. The van der Waals surface area contributed by atoms with Gasteiger partial charge in [-0.2, -0.15) is 0 Å². The molecule has 4 aliphatic rings. The first-order valence-corrected chi connectivity index (χ1v) is 15.6. The molecular formula is C33H47N3O5. The van der Waals surface area contributed by atoms with E-state index >= 15 is 0 Å². The lowest BCUT2D eigenvalue weighted by Gasteiger charge is -2.61. The summed E-state index contributed by atoms with van der Waals surface area (Å²) in [6, 6.07) is 9.43. The quantitative estimate of drug-likeness (QED) is 0.421. The average Bonchev–Trinajstić information content (AvgIpc) is 3.32. The van der Waals surface area contributed by atoms with E-state index in [0.717, 1.165) is 37.2 Å². The molecule has 8 atom stereocenters. The summed E-state index contributed by atoms with van der Waals surface area (Å²) in [6.45, 7) is 6.47. The summed E-state index contributed by atoms with van der Waals surface area (Å²) in [4.78, 5) is 49.1. The minimum atomic E-state index is -0.678. The molecule has 3 N–H and O–H groups in total. The van der Waals surface area contributed by atoms with E-state index in [1.54, 1.807) is 6.92 Å². The molecule has 5 rings (SSSR count). The maximum Gasteiger partial charge on any atom is 0.407 e. The van der Waals surface area contributed by atoms with E-state index in [0.29, 0.717) is 29.0 Å². The van der Waals surface area contributed by atoms with Crippen molar-refractivity contribution in [2.24, 2.45) is 40.4 Å². The molecule has 0 aliphatic heterocycles. The smallest absolute Gasteiger partial charge is 0.407 e. The van der Waals surface area contributed by atoms with Crippen LogP contribution in [-0.2, 0) is 25.7 Å². The van der Waals surface area contributed by atoms with Gasteiger partial charge < -0.3 is 20.7 Å². The van der Waals surface area contributed by atoms with Gasteiger partial charge in [-0.3, -0.25) is 14.4 Å². The summed E-state index contributed by atoms with van der Waals surface area (Å²) in [5.74, 6) is 2.72. The molecule has 1 aromatic rings. The number of amides is 3. The molecule has 0 heterocycles. The van der Waals surface area contributed by atoms with Crippen LogP contribution in [0.15, 0.2) is 30.3 Å². The highest BCUT2D eigenvalue weighted by molar-refractivity contribution is 5.87. The Morgan fingerprint density at radius 2 is 1.54 bits per heavy atom. The molecule has 8 heteroatoms. The minimum absolute atomic E-state index is 0.111. The van der Waals surface area contributed by atoms with Crippen molar-refractivity contribution in [2.75, 3.05) is 13.1 Å². The first-order chi connectivity index (χ1) is 19.6. The predicted molar refractivity (Wildman–Crippen MR) is 155 cm³/mol. The van der Waals surface area contributed by atoms with Crippen molar-refractivity contribution in [1.29, 1.82) is 0 Å². The van der Waals surface area contributed by atoms with Crippen LogP contribution < -0.4 is 16.0 Å². The molecule has 0 radical (unpaired) electrons. The molecule has 0 bridgehead atoms. The van der Waals surface area contributed by atoms with Crippen molar-refractivity contribution < 1.29 is 23.9 Å². The van der Waals surface area contributed by atoms with Gasteiger partial charge in [0.05, 0.1) is 6.54 Å². The number of carbonyl (C=O) groups excluding carboxylic acids is 4. The van der Waals surface area contributed by atoms with Crippen molar-refractivity contribution >= 4 is 23.7 Å². The molecule has 4 aliphatic carbocycles. The number of hydrogen-bond donors (Lipinski definition) is 3. The zero-order valence-electron chi connectivity index (χ0n) is 24.9. The number of nitrogens with one attached hydrogen (secondary N) is 3. The zero-order valence-corrected chi connectivity index (χ0v) is 24.9. The van der Waals surface area contributed by atoms with Crippen LogP contribution in [0.25, 0.3) is 0 Å². The Morgan fingerprint density at radius 1 is 0.829 bits per heavy atom. The van der Waals surface area contributed by atoms with E-state index in [1.165, 1.54) is 32.1 Å². The summed E-state index contributed by atoms with van der Waals surface area (Å²) in [6.07, 6.45) is 9.51. The number of benzene rings is 1. The van der Waals surface area contributed by atoms with Crippen molar-refractivity contribution in [2.45, 2.75) is 91.2 Å². The summed E-state index contributed by atoms with van der Waals surface area (Å²) in [7, 11) is 0. The van der Waals surface area contributed by atoms with Crippen LogP contribution in [0.4, 0.5) is 4.79 Å². The Balaban J connectivity index is 1.04. The van der Waals surface area contributed by atoms with E-state index < -0.39 is 12.0 Å². The third-order valence-electron chi connectivity index (χ3n) is 11.6. The van der Waals surface area contributed by atoms with Crippen molar-refractivity contribution in [1.82, 2.24) is 16.0 Å². The Labute approximate surface area is 244 Å². The fraction of sp³-hybridized carbons (Fsp3) is 0.697. The second kappa shape index (κ2) is 12.1. The molecule has 0 aromatic heterocycles. The third-order valence-corrected chi connectivity index (χ3v) is 11.6. The molecule has 41 heavy (non-hydrogen) atoms. The van der Waals surface area contributed by atoms with E-state index in [-0.39, 0.29) is 43.0 Å². The van der Waals surface area contributed by atoms with Gasteiger partial charge in [-0.15, -0.1) is 0 Å².